The van der Waals surface area contributed by atoms with Crippen molar-refractivity contribution >= 4 is 23.3 Å². The first kappa shape index (κ1) is 27.5. The number of likely N-dealkylation sites (tertiary alicyclic amines) is 1. The topological polar surface area (TPSA) is 103 Å². The van der Waals surface area contributed by atoms with Crippen molar-refractivity contribution in [1.82, 2.24) is 20.4 Å². The molecule has 3 fully saturated rings. The van der Waals surface area contributed by atoms with Gasteiger partial charge < -0.3 is 29.9 Å². The number of methoxy groups -OCH3 is 1. The molecular formula is C27H41N5O5. The van der Waals surface area contributed by atoms with Gasteiger partial charge in [0, 0.05) is 57.6 Å². The van der Waals surface area contributed by atoms with Gasteiger partial charge in [-0.2, -0.15) is 0 Å². The number of amides is 2. The smallest absolute Gasteiger partial charge is 0.251 e. The molecule has 4 rings (SSSR count). The van der Waals surface area contributed by atoms with Crippen molar-refractivity contribution in [2.75, 3.05) is 71.5 Å². The summed E-state index contributed by atoms with van der Waals surface area (Å²) in [7, 11) is 3.53. The molecule has 2 N–H and O–H groups in total. The van der Waals surface area contributed by atoms with Crippen molar-refractivity contribution in [2.45, 2.75) is 44.5 Å². The number of carbonyl (C=O) groups excluding carboxylic acids is 3. The first-order valence-corrected chi connectivity index (χ1v) is 13.4. The van der Waals surface area contributed by atoms with Crippen molar-refractivity contribution < 1.29 is 23.9 Å². The number of Topliss-reactive ketones (excluding diaryl/α,β-unsaturated/α-hetero) is 1. The van der Waals surface area contributed by atoms with Crippen LogP contribution in [0.4, 0.5) is 5.69 Å². The number of fused-ring (bicyclic) bond motifs is 1. The van der Waals surface area contributed by atoms with E-state index >= 15 is 0 Å². The Morgan fingerprint density at radius 3 is 2.49 bits per heavy atom. The minimum Gasteiger partial charge on any atom is -0.383 e. The minimum atomic E-state index is -0.720. The van der Waals surface area contributed by atoms with Crippen LogP contribution in [0, 0.1) is 5.92 Å². The van der Waals surface area contributed by atoms with Crippen molar-refractivity contribution in [2.24, 2.45) is 5.92 Å². The third-order valence-electron chi connectivity index (χ3n) is 8.08. The number of nitrogens with zero attached hydrogens (tertiary/aromatic N) is 3. The molecule has 0 bridgehead atoms. The summed E-state index contributed by atoms with van der Waals surface area (Å²) in [6, 6.07) is 6.15. The van der Waals surface area contributed by atoms with E-state index in [1.807, 2.05) is 38.1 Å². The molecule has 0 aliphatic carbocycles. The molecule has 1 aromatic rings. The van der Waals surface area contributed by atoms with Crippen molar-refractivity contribution in [3.8, 4) is 0 Å². The summed E-state index contributed by atoms with van der Waals surface area (Å²) in [5.41, 5.74) is 1.59. The third-order valence-corrected chi connectivity index (χ3v) is 8.08. The second kappa shape index (κ2) is 12.3. The molecule has 3 saturated heterocycles. The summed E-state index contributed by atoms with van der Waals surface area (Å²) < 4.78 is 10.8. The normalized spacial score (nSPS) is 25.7. The maximum Gasteiger partial charge on any atom is 0.251 e. The zero-order valence-electron chi connectivity index (χ0n) is 22.4. The summed E-state index contributed by atoms with van der Waals surface area (Å²) in [4.78, 5) is 45.7. The number of hydrogen-bond donors (Lipinski definition) is 2. The molecular weight excluding hydrogens is 474 g/mol. The van der Waals surface area contributed by atoms with E-state index in [-0.39, 0.29) is 42.3 Å². The highest BCUT2D eigenvalue weighted by Gasteiger charge is 2.53. The van der Waals surface area contributed by atoms with E-state index < -0.39 is 12.1 Å². The van der Waals surface area contributed by atoms with Crippen LogP contribution in [-0.2, 0) is 19.1 Å². The number of rotatable bonds is 10. The minimum absolute atomic E-state index is 0.0200. The number of carbonyl (C=O) groups is 3. The second-order valence-corrected chi connectivity index (χ2v) is 10.3. The fourth-order valence-corrected chi connectivity index (χ4v) is 5.50. The lowest BCUT2D eigenvalue weighted by molar-refractivity contribution is -0.139. The van der Waals surface area contributed by atoms with Gasteiger partial charge in [0.1, 0.15) is 24.8 Å². The molecule has 0 spiro atoms. The van der Waals surface area contributed by atoms with Gasteiger partial charge in [0.15, 0.2) is 5.78 Å². The number of ketones is 1. The first-order chi connectivity index (χ1) is 17.9. The summed E-state index contributed by atoms with van der Waals surface area (Å²) in [6.07, 6.45) is 0.373. The van der Waals surface area contributed by atoms with E-state index in [9.17, 15) is 14.4 Å². The van der Waals surface area contributed by atoms with E-state index in [2.05, 4.69) is 20.4 Å². The molecule has 0 aromatic heterocycles. The maximum absolute atomic E-state index is 13.7. The molecule has 10 nitrogen and oxygen atoms in total. The number of nitrogens with one attached hydrogen (secondary N) is 2. The van der Waals surface area contributed by atoms with Crippen molar-refractivity contribution in [3.63, 3.8) is 0 Å². The van der Waals surface area contributed by atoms with Gasteiger partial charge in [-0.15, -0.1) is 0 Å². The molecule has 1 aromatic carbocycles. The Hall–Kier alpha value is -2.53. The number of piperazine rings is 1. The molecule has 0 unspecified atom stereocenters. The average Bonchev–Trinajstić information content (AvgIpc) is 3.50. The Balaban J connectivity index is 1.40. The standard InChI is InChI=1S/C27H41N5O5/c1-5-18(2)23(27(35)32-16-21(28-3)25-24(32)22(33)17-37-25)29-26(34)19-6-8-20(9-7-19)31-12-10-30(11-13-31)14-15-36-4/h6-9,18,21,23-25,28H,5,10-17H2,1-4H3,(H,29,34)/t18-,21-,23-,24+,25+/m0/s1. The van der Waals surface area contributed by atoms with Crippen LogP contribution in [0.15, 0.2) is 24.3 Å². The summed E-state index contributed by atoms with van der Waals surface area (Å²) in [5.74, 6) is -0.683. The number of hydrogen-bond acceptors (Lipinski definition) is 8. The van der Waals surface area contributed by atoms with Gasteiger partial charge >= 0.3 is 0 Å². The predicted octanol–water partition coefficient (Wildman–Crippen LogP) is 0.366. The molecule has 204 valence electrons. The molecule has 37 heavy (non-hydrogen) atoms. The van der Waals surface area contributed by atoms with Crippen LogP contribution in [0.1, 0.15) is 30.6 Å². The molecule has 10 heteroatoms. The Kier molecular flexibility index (Phi) is 9.17. The number of ether oxygens (including phenoxy) is 2. The van der Waals surface area contributed by atoms with Gasteiger partial charge in [0.05, 0.1) is 12.6 Å². The van der Waals surface area contributed by atoms with Crippen LogP contribution in [0.2, 0.25) is 0 Å². The highest BCUT2D eigenvalue weighted by atomic mass is 16.5. The van der Waals surface area contributed by atoms with Crippen molar-refractivity contribution in [3.05, 3.63) is 29.8 Å². The first-order valence-electron chi connectivity index (χ1n) is 13.4. The molecule has 0 radical (unpaired) electrons. The van der Waals surface area contributed by atoms with Gasteiger partial charge in [0.2, 0.25) is 5.91 Å². The van der Waals surface area contributed by atoms with E-state index in [1.165, 1.54) is 0 Å². The summed E-state index contributed by atoms with van der Waals surface area (Å²) >= 11 is 0. The van der Waals surface area contributed by atoms with E-state index in [1.54, 1.807) is 19.1 Å². The van der Waals surface area contributed by atoms with Crippen LogP contribution in [0.5, 0.6) is 0 Å². The Morgan fingerprint density at radius 1 is 1.16 bits per heavy atom. The monoisotopic (exact) mass is 515 g/mol. The number of benzene rings is 1. The Morgan fingerprint density at radius 2 is 1.86 bits per heavy atom. The Bertz CT molecular complexity index is 949. The third kappa shape index (κ3) is 5.98. The zero-order chi connectivity index (χ0) is 26.5. The van der Waals surface area contributed by atoms with Crippen LogP contribution in [-0.4, -0.2) is 118 Å². The maximum atomic E-state index is 13.7. The van der Waals surface area contributed by atoms with Gasteiger partial charge in [-0.1, -0.05) is 20.3 Å². The molecule has 3 heterocycles. The Labute approximate surface area is 219 Å². The number of likely N-dealkylation sites (N-methyl/N-ethyl adjacent to an activating group) is 1. The van der Waals surface area contributed by atoms with Crippen LogP contribution >= 0.6 is 0 Å². The zero-order valence-corrected chi connectivity index (χ0v) is 22.4. The highest BCUT2D eigenvalue weighted by molar-refractivity contribution is 5.99. The highest BCUT2D eigenvalue weighted by Crippen LogP contribution is 2.29. The van der Waals surface area contributed by atoms with Crippen LogP contribution in [0.25, 0.3) is 0 Å². The largest absolute Gasteiger partial charge is 0.383 e. The molecule has 2 amide bonds. The SMILES string of the molecule is CC[C@H](C)[C@H](NC(=O)c1ccc(N2CCN(CCOC)CC2)cc1)C(=O)N1C[C@H](NC)[C@H]2OCC(=O)[C@H]21. The van der Waals surface area contributed by atoms with E-state index in [0.717, 1.165) is 45.0 Å². The van der Waals surface area contributed by atoms with Gasteiger partial charge in [-0.05, 0) is 37.2 Å². The van der Waals surface area contributed by atoms with E-state index in [0.29, 0.717) is 18.5 Å². The van der Waals surface area contributed by atoms with Gasteiger partial charge in [-0.3, -0.25) is 19.3 Å². The average molecular weight is 516 g/mol. The van der Waals surface area contributed by atoms with Crippen molar-refractivity contribution in [1.29, 1.82) is 0 Å². The lowest BCUT2D eigenvalue weighted by atomic mass is 9.96. The summed E-state index contributed by atoms with van der Waals surface area (Å²) in [5, 5.41) is 6.14. The molecule has 3 aliphatic heterocycles. The lowest BCUT2D eigenvalue weighted by Crippen LogP contribution is -2.54. The second-order valence-electron chi connectivity index (χ2n) is 10.3. The number of anilines is 1. The van der Waals surface area contributed by atoms with E-state index in [4.69, 9.17) is 9.47 Å². The van der Waals surface area contributed by atoms with Crippen LogP contribution in [0.3, 0.4) is 0 Å². The van der Waals surface area contributed by atoms with Crippen LogP contribution < -0.4 is 15.5 Å². The molecule has 0 saturated carbocycles. The van der Waals surface area contributed by atoms with Gasteiger partial charge in [0.25, 0.3) is 5.91 Å². The summed E-state index contributed by atoms with van der Waals surface area (Å²) in [6.45, 7) is 9.83. The lowest BCUT2D eigenvalue weighted by Gasteiger charge is -2.36. The quantitative estimate of drug-likeness (QED) is 0.461. The molecule has 5 atom stereocenters. The fraction of sp³-hybridized carbons (Fsp3) is 0.667. The predicted molar refractivity (Wildman–Crippen MR) is 141 cm³/mol. The fourth-order valence-electron chi connectivity index (χ4n) is 5.50. The van der Waals surface area contributed by atoms with Gasteiger partial charge in [-0.25, -0.2) is 0 Å². The molecule has 3 aliphatic rings.